The Morgan fingerprint density at radius 1 is 1.06 bits per heavy atom. The van der Waals surface area contributed by atoms with Crippen LogP contribution in [-0.4, -0.2) is 31.4 Å². The van der Waals surface area contributed by atoms with Gasteiger partial charge in [-0.2, -0.15) is 0 Å². The third-order valence-corrected chi connectivity index (χ3v) is 2.17. The van der Waals surface area contributed by atoms with E-state index < -0.39 is 23.8 Å². The molecule has 0 aromatic carbocycles. The van der Waals surface area contributed by atoms with E-state index in [0.29, 0.717) is 12.7 Å². The van der Waals surface area contributed by atoms with Gasteiger partial charge in [0.2, 0.25) is 0 Å². The topological polar surface area (TPSA) is 69.7 Å². The van der Waals surface area contributed by atoms with Crippen molar-refractivity contribution in [3.05, 3.63) is 0 Å². The first-order valence-corrected chi connectivity index (χ1v) is 5.40. The van der Waals surface area contributed by atoms with Gasteiger partial charge in [-0.15, -0.1) is 0 Å². The lowest BCUT2D eigenvalue weighted by molar-refractivity contribution is -0.161. The van der Waals surface area contributed by atoms with Crippen LogP contribution in [0.5, 0.6) is 0 Å². The summed E-state index contributed by atoms with van der Waals surface area (Å²) in [7, 11) is 0. The van der Waals surface area contributed by atoms with Crippen LogP contribution in [0, 0.1) is 11.8 Å². The Bertz CT molecular complexity index is 249. The molecule has 0 aliphatic rings. The summed E-state index contributed by atoms with van der Waals surface area (Å²) in [5, 5.41) is 0. The van der Waals surface area contributed by atoms with E-state index in [4.69, 9.17) is 9.47 Å². The summed E-state index contributed by atoms with van der Waals surface area (Å²) in [6.45, 7) is 5.44. The highest BCUT2D eigenvalue weighted by Crippen LogP contribution is 2.17. The molecule has 0 bridgehead atoms. The van der Waals surface area contributed by atoms with Crippen molar-refractivity contribution in [3.63, 3.8) is 0 Å². The number of hydrogen-bond donors (Lipinski definition) is 0. The average Bonchev–Trinajstić information content (AvgIpc) is 2.25. The molecule has 0 aromatic heterocycles. The van der Waals surface area contributed by atoms with Crippen molar-refractivity contribution in [2.45, 2.75) is 27.2 Å². The minimum atomic E-state index is -1.07. The van der Waals surface area contributed by atoms with E-state index in [0.717, 1.165) is 0 Å². The third-order valence-electron chi connectivity index (χ3n) is 2.17. The summed E-state index contributed by atoms with van der Waals surface area (Å²) in [5.41, 5.74) is 0. The molecule has 0 rings (SSSR count). The van der Waals surface area contributed by atoms with Crippen molar-refractivity contribution in [3.8, 4) is 0 Å². The highest BCUT2D eigenvalue weighted by atomic mass is 16.5. The SMILES string of the molecule is CCOC(=O)C(C=O)C(CC)C(=O)OCC. The molecule has 16 heavy (non-hydrogen) atoms. The van der Waals surface area contributed by atoms with Crippen LogP contribution in [-0.2, 0) is 23.9 Å². The standard InChI is InChI=1S/C11H18O5/c1-4-8(10(13)15-5-2)9(7-12)11(14)16-6-3/h7-9H,4-6H2,1-3H3. The first kappa shape index (κ1) is 14.6. The Hall–Kier alpha value is -1.39. The minimum Gasteiger partial charge on any atom is -0.466 e. The van der Waals surface area contributed by atoms with Crippen LogP contribution in [0.4, 0.5) is 0 Å². The van der Waals surface area contributed by atoms with Crippen molar-refractivity contribution < 1.29 is 23.9 Å². The lowest BCUT2D eigenvalue weighted by Crippen LogP contribution is -2.33. The summed E-state index contributed by atoms with van der Waals surface area (Å²) in [5.74, 6) is -3.02. The molecule has 0 amide bonds. The molecule has 92 valence electrons. The number of esters is 2. The summed E-state index contributed by atoms with van der Waals surface area (Å²) >= 11 is 0. The maximum Gasteiger partial charge on any atom is 0.317 e. The normalized spacial score (nSPS) is 13.7. The Balaban J connectivity index is 4.67. The van der Waals surface area contributed by atoms with Gasteiger partial charge in [-0.3, -0.25) is 9.59 Å². The third kappa shape index (κ3) is 4.00. The molecule has 0 N–H and O–H groups in total. The summed E-state index contributed by atoms with van der Waals surface area (Å²) in [4.78, 5) is 33.7. The fourth-order valence-corrected chi connectivity index (χ4v) is 1.37. The van der Waals surface area contributed by atoms with Gasteiger partial charge in [0.25, 0.3) is 0 Å². The fourth-order valence-electron chi connectivity index (χ4n) is 1.37. The second-order valence-corrected chi connectivity index (χ2v) is 3.18. The molecule has 0 saturated carbocycles. The number of carbonyl (C=O) groups excluding carboxylic acids is 3. The van der Waals surface area contributed by atoms with Gasteiger partial charge in [0.1, 0.15) is 12.2 Å². The van der Waals surface area contributed by atoms with Crippen molar-refractivity contribution in [1.82, 2.24) is 0 Å². The van der Waals surface area contributed by atoms with Crippen LogP contribution in [0.15, 0.2) is 0 Å². The molecule has 0 heterocycles. The molecule has 5 heteroatoms. The van der Waals surface area contributed by atoms with Gasteiger partial charge in [-0.05, 0) is 20.3 Å². The number of rotatable bonds is 7. The Labute approximate surface area is 95.1 Å². The molecule has 0 saturated heterocycles. The van der Waals surface area contributed by atoms with E-state index in [2.05, 4.69) is 0 Å². The van der Waals surface area contributed by atoms with Crippen molar-refractivity contribution in [2.24, 2.45) is 11.8 Å². The highest BCUT2D eigenvalue weighted by molar-refractivity contribution is 5.93. The van der Waals surface area contributed by atoms with Gasteiger partial charge in [0.15, 0.2) is 0 Å². The summed E-state index contributed by atoms with van der Waals surface area (Å²) < 4.78 is 9.53. The lowest BCUT2D eigenvalue weighted by atomic mass is 9.91. The van der Waals surface area contributed by atoms with Gasteiger partial charge in [0, 0.05) is 0 Å². The summed E-state index contributed by atoms with van der Waals surface area (Å²) in [6, 6.07) is 0. The minimum absolute atomic E-state index is 0.183. The second-order valence-electron chi connectivity index (χ2n) is 3.18. The van der Waals surface area contributed by atoms with E-state index in [1.165, 1.54) is 0 Å². The predicted molar refractivity (Wildman–Crippen MR) is 56.6 cm³/mol. The Morgan fingerprint density at radius 3 is 1.94 bits per heavy atom. The first-order chi connectivity index (χ1) is 7.62. The average molecular weight is 230 g/mol. The van der Waals surface area contributed by atoms with Crippen molar-refractivity contribution >= 4 is 18.2 Å². The van der Waals surface area contributed by atoms with Crippen LogP contribution in [0.25, 0.3) is 0 Å². The molecule has 2 unspecified atom stereocenters. The van der Waals surface area contributed by atoms with Crippen LogP contribution in [0.1, 0.15) is 27.2 Å². The Kier molecular flexibility index (Phi) is 7.16. The van der Waals surface area contributed by atoms with Crippen LogP contribution in [0.3, 0.4) is 0 Å². The number of aldehydes is 1. The van der Waals surface area contributed by atoms with Crippen LogP contribution in [0.2, 0.25) is 0 Å². The van der Waals surface area contributed by atoms with Gasteiger partial charge < -0.3 is 14.3 Å². The lowest BCUT2D eigenvalue weighted by Gasteiger charge is -2.18. The molecule has 0 radical (unpaired) electrons. The van der Waals surface area contributed by atoms with E-state index >= 15 is 0 Å². The van der Waals surface area contributed by atoms with Crippen molar-refractivity contribution in [1.29, 1.82) is 0 Å². The highest BCUT2D eigenvalue weighted by Gasteiger charge is 2.34. The molecule has 0 spiro atoms. The maximum atomic E-state index is 11.5. The smallest absolute Gasteiger partial charge is 0.317 e. The molecule has 2 atom stereocenters. The fraction of sp³-hybridized carbons (Fsp3) is 0.727. The first-order valence-electron chi connectivity index (χ1n) is 5.40. The number of ether oxygens (including phenoxy) is 2. The van der Waals surface area contributed by atoms with Crippen LogP contribution < -0.4 is 0 Å². The van der Waals surface area contributed by atoms with Crippen molar-refractivity contribution in [2.75, 3.05) is 13.2 Å². The number of carbonyl (C=O) groups is 3. The molecule has 5 nitrogen and oxygen atoms in total. The molecule has 0 aliphatic carbocycles. The van der Waals surface area contributed by atoms with Crippen LogP contribution >= 0.6 is 0 Å². The van der Waals surface area contributed by atoms with Gasteiger partial charge in [0.05, 0.1) is 19.1 Å². The van der Waals surface area contributed by atoms with Gasteiger partial charge >= 0.3 is 11.9 Å². The quantitative estimate of drug-likeness (QED) is 0.370. The largest absolute Gasteiger partial charge is 0.466 e. The summed E-state index contributed by atoms with van der Waals surface area (Å²) in [6.07, 6.45) is 0.810. The van der Waals surface area contributed by atoms with E-state index in [1.807, 2.05) is 0 Å². The molecular weight excluding hydrogens is 212 g/mol. The molecule has 0 fully saturated rings. The van der Waals surface area contributed by atoms with E-state index in [-0.39, 0.29) is 13.2 Å². The van der Waals surface area contributed by atoms with Gasteiger partial charge in [-0.25, -0.2) is 0 Å². The zero-order valence-electron chi connectivity index (χ0n) is 9.89. The van der Waals surface area contributed by atoms with E-state index in [9.17, 15) is 14.4 Å². The van der Waals surface area contributed by atoms with E-state index in [1.54, 1.807) is 20.8 Å². The van der Waals surface area contributed by atoms with Gasteiger partial charge in [-0.1, -0.05) is 6.92 Å². The second kappa shape index (κ2) is 7.84. The molecule has 0 aliphatic heterocycles. The zero-order valence-corrected chi connectivity index (χ0v) is 9.89. The Morgan fingerprint density at radius 2 is 1.56 bits per heavy atom. The molecular formula is C11H18O5. The maximum absolute atomic E-state index is 11.5. The molecule has 0 aromatic rings. The predicted octanol–water partition coefficient (Wildman–Crippen LogP) is 0.954. The zero-order chi connectivity index (χ0) is 12.6. The number of hydrogen-bond acceptors (Lipinski definition) is 5. The monoisotopic (exact) mass is 230 g/mol.